The summed E-state index contributed by atoms with van der Waals surface area (Å²) in [5, 5.41) is 3.37. The number of halogens is 1. The van der Waals surface area contributed by atoms with Crippen LogP contribution in [0.15, 0.2) is 18.2 Å². The molecule has 1 N–H and O–H groups in total. The fourth-order valence-corrected chi connectivity index (χ4v) is 3.06. The van der Waals surface area contributed by atoms with Crippen LogP contribution >= 0.6 is 0 Å². The van der Waals surface area contributed by atoms with Crippen LogP contribution in [0.4, 0.5) is 4.39 Å². The first-order chi connectivity index (χ1) is 10.3. The molecule has 0 saturated carbocycles. The molecule has 0 amide bonds. The molecular weight excluding hydrogens is 267 g/mol. The average Bonchev–Trinajstić information content (AvgIpc) is 2.53. The molecule has 3 nitrogen and oxygen atoms in total. The molecular formula is C17H27FN2O. The number of hydrogen-bond acceptors (Lipinski definition) is 3. The highest BCUT2D eigenvalue weighted by atomic mass is 19.1. The van der Waals surface area contributed by atoms with Gasteiger partial charge >= 0.3 is 0 Å². The molecule has 1 aromatic rings. The molecule has 1 aliphatic heterocycles. The van der Waals surface area contributed by atoms with Crippen molar-refractivity contribution in [1.82, 2.24) is 10.2 Å². The van der Waals surface area contributed by atoms with Crippen LogP contribution in [0.3, 0.4) is 0 Å². The molecule has 0 spiro atoms. The highest BCUT2D eigenvalue weighted by molar-refractivity contribution is 5.33. The number of unbranched alkanes of at least 4 members (excludes halogenated alkanes) is 2. The Kier molecular flexibility index (Phi) is 6.46. The molecule has 0 unspecified atom stereocenters. The van der Waals surface area contributed by atoms with Gasteiger partial charge in [0.1, 0.15) is 0 Å². The lowest BCUT2D eigenvalue weighted by Gasteiger charge is -2.35. The Labute approximate surface area is 127 Å². The first kappa shape index (κ1) is 16.2. The van der Waals surface area contributed by atoms with Gasteiger partial charge in [0.05, 0.1) is 7.11 Å². The second-order valence-corrected chi connectivity index (χ2v) is 5.66. The quantitative estimate of drug-likeness (QED) is 0.780. The summed E-state index contributed by atoms with van der Waals surface area (Å²) in [4.78, 5) is 2.41. The SMILES string of the molecule is CCCCC[C@H](c1cccc(OC)c1F)N1CCNCC1. The Hall–Kier alpha value is -1.13. The number of nitrogens with one attached hydrogen (secondary N) is 1. The standard InChI is InChI=1S/C17H27FN2O/c1-3-4-5-8-15(20-12-10-19-11-13-20)14-7-6-9-16(21-2)17(14)18/h6-7,9,15,19H,3-5,8,10-13H2,1-2H3/t15-/m1/s1. The number of piperazine rings is 1. The largest absolute Gasteiger partial charge is 0.494 e. The zero-order chi connectivity index (χ0) is 15.1. The van der Waals surface area contributed by atoms with Gasteiger partial charge in [-0.3, -0.25) is 4.90 Å². The van der Waals surface area contributed by atoms with Gasteiger partial charge in [-0.1, -0.05) is 38.3 Å². The fraction of sp³-hybridized carbons (Fsp3) is 0.647. The molecule has 1 saturated heterocycles. The minimum absolute atomic E-state index is 0.161. The maximum Gasteiger partial charge on any atom is 0.169 e. The Morgan fingerprint density at radius 2 is 2.05 bits per heavy atom. The summed E-state index contributed by atoms with van der Waals surface area (Å²) in [5.74, 6) is 0.156. The molecule has 1 atom stereocenters. The molecule has 1 fully saturated rings. The van der Waals surface area contributed by atoms with Crippen LogP contribution in [-0.4, -0.2) is 38.2 Å². The van der Waals surface area contributed by atoms with E-state index in [4.69, 9.17) is 4.74 Å². The van der Waals surface area contributed by atoms with Gasteiger partial charge in [-0.05, 0) is 12.5 Å². The lowest BCUT2D eigenvalue weighted by molar-refractivity contribution is 0.159. The van der Waals surface area contributed by atoms with Crippen molar-refractivity contribution in [2.24, 2.45) is 0 Å². The lowest BCUT2D eigenvalue weighted by atomic mass is 9.97. The second kappa shape index (κ2) is 8.35. The predicted molar refractivity (Wildman–Crippen MR) is 84.3 cm³/mol. The highest BCUT2D eigenvalue weighted by Crippen LogP contribution is 2.32. The van der Waals surface area contributed by atoms with E-state index in [1.807, 2.05) is 12.1 Å². The number of ether oxygens (including phenoxy) is 1. The van der Waals surface area contributed by atoms with Gasteiger partial charge < -0.3 is 10.1 Å². The van der Waals surface area contributed by atoms with Gasteiger partial charge in [-0.25, -0.2) is 4.39 Å². The van der Waals surface area contributed by atoms with E-state index in [0.29, 0.717) is 5.75 Å². The fourth-order valence-electron chi connectivity index (χ4n) is 3.06. The zero-order valence-corrected chi connectivity index (χ0v) is 13.2. The third-order valence-corrected chi connectivity index (χ3v) is 4.25. The van der Waals surface area contributed by atoms with Crippen molar-refractivity contribution in [3.63, 3.8) is 0 Å². The third-order valence-electron chi connectivity index (χ3n) is 4.25. The first-order valence-corrected chi connectivity index (χ1v) is 8.05. The van der Waals surface area contributed by atoms with E-state index in [9.17, 15) is 4.39 Å². The minimum atomic E-state index is -0.194. The van der Waals surface area contributed by atoms with Crippen LogP contribution < -0.4 is 10.1 Å². The van der Waals surface area contributed by atoms with E-state index in [1.165, 1.54) is 20.0 Å². The van der Waals surface area contributed by atoms with Gasteiger partial charge in [0.25, 0.3) is 0 Å². The molecule has 0 aromatic heterocycles. The Morgan fingerprint density at radius 1 is 1.29 bits per heavy atom. The van der Waals surface area contributed by atoms with Crippen molar-refractivity contribution in [1.29, 1.82) is 0 Å². The molecule has 0 bridgehead atoms. The van der Waals surface area contributed by atoms with Gasteiger partial charge in [-0.2, -0.15) is 0 Å². The summed E-state index contributed by atoms with van der Waals surface area (Å²) >= 11 is 0. The van der Waals surface area contributed by atoms with Gasteiger partial charge in [0, 0.05) is 37.8 Å². The van der Waals surface area contributed by atoms with Crippen molar-refractivity contribution in [3.05, 3.63) is 29.6 Å². The summed E-state index contributed by atoms with van der Waals surface area (Å²) in [6.45, 7) is 6.12. The molecule has 1 aliphatic rings. The number of hydrogen-bond donors (Lipinski definition) is 1. The van der Waals surface area contributed by atoms with Crippen LogP contribution in [0, 0.1) is 5.82 Å². The summed E-state index contributed by atoms with van der Waals surface area (Å²) in [6, 6.07) is 5.66. The summed E-state index contributed by atoms with van der Waals surface area (Å²) < 4.78 is 19.8. The van der Waals surface area contributed by atoms with Crippen LogP contribution in [-0.2, 0) is 0 Å². The molecule has 1 aromatic carbocycles. The van der Waals surface area contributed by atoms with Crippen molar-refractivity contribution >= 4 is 0 Å². The zero-order valence-electron chi connectivity index (χ0n) is 13.2. The van der Waals surface area contributed by atoms with E-state index in [2.05, 4.69) is 17.1 Å². The maximum atomic E-state index is 14.6. The predicted octanol–water partition coefficient (Wildman–Crippen LogP) is 3.36. The highest BCUT2D eigenvalue weighted by Gasteiger charge is 2.25. The van der Waals surface area contributed by atoms with Crippen molar-refractivity contribution in [2.75, 3.05) is 33.3 Å². The minimum Gasteiger partial charge on any atom is -0.494 e. The van der Waals surface area contributed by atoms with Gasteiger partial charge in [0.15, 0.2) is 11.6 Å². The van der Waals surface area contributed by atoms with Crippen molar-refractivity contribution in [2.45, 2.75) is 38.6 Å². The molecule has 4 heteroatoms. The third kappa shape index (κ3) is 4.17. The van der Waals surface area contributed by atoms with E-state index < -0.39 is 0 Å². The molecule has 1 heterocycles. The van der Waals surface area contributed by atoms with Crippen molar-refractivity contribution in [3.8, 4) is 5.75 Å². The van der Waals surface area contributed by atoms with Gasteiger partial charge in [-0.15, -0.1) is 0 Å². The Bertz CT molecular complexity index is 433. The monoisotopic (exact) mass is 294 g/mol. The maximum absolute atomic E-state index is 14.6. The van der Waals surface area contributed by atoms with Gasteiger partial charge in [0.2, 0.25) is 0 Å². The lowest BCUT2D eigenvalue weighted by Crippen LogP contribution is -2.45. The van der Waals surface area contributed by atoms with Crippen LogP contribution in [0.2, 0.25) is 0 Å². The first-order valence-electron chi connectivity index (χ1n) is 8.05. The molecule has 21 heavy (non-hydrogen) atoms. The van der Waals surface area contributed by atoms with E-state index >= 15 is 0 Å². The van der Waals surface area contributed by atoms with E-state index in [1.54, 1.807) is 6.07 Å². The van der Waals surface area contributed by atoms with Crippen LogP contribution in [0.1, 0.15) is 44.2 Å². The van der Waals surface area contributed by atoms with Crippen LogP contribution in [0.25, 0.3) is 0 Å². The number of nitrogens with zero attached hydrogens (tertiary/aromatic N) is 1. The van der Waals surface area contributed by atoms with Crippen LogP contribution in [0.5, 0.6) is 5.75 Å². The van der Waals surface area contributed by atoms with E-state index in [0.717, 1.165) is 44.6 Å². The Morgan fingerprint density at radius 3 is 2.71 bits per heavy atom. The van der Waals surface area contributed by atoms with Crippen molar-refractivity contribution < 1.29 is 9.13 Å². The summed E-state index contributed by atoms with van der Waals surface area (Å²) in [6.07, 6.45) is 4.54. The second-order valence-electron chi connectivity index (χ2n) is 5.66. The molecule has 118 valence electrons. The summed E-state index contributed by atoms with van der Waals surface area (Å²) in [5.41, 5.74) is 0.785. The molecule has 0 aliphatic carbocycles. The average molecular weight is 294 g/mol. The topological polar surface area (TPSA) is 24.5 Å². The van der Waals surface area contributed by atoms with E-state index in [-0.39, 0.29) is 11.9 Å². The number of rotatable bonds is 7. The smallest absolute Gasteiger partial charge is 0.169 e. The number of methoxy groups -OCH3 is 1. The molecule has 2 rings (SSSR count). The Balaban J connectivity index is 2.20. The molecule has 0 radical (unpaired) electrons. The normalized spacial score (nSPS) is 17.7. The number of benzene rings is 1. The summed E-state index contributed by atoms with van der Waals surface area (Å²) in [7, 11) is 1.53.